The van der Waals surface area contributed by atoms with Crippen LogP contribution in [0.1, 0.15) is 30.1 Å². The molecule has 6 heteroatoms. The molecule has 2 amide bonds. The van der Waals surface area contributed by atoms with E-state index in [9.17, 15) is 9.59 Å². The van der Waals surface area contributed by atoms with Crippen molar-refractivity contribution in [3.8, 4) is 5.75 Å². The minimum atomic E-state index is -0.130. The second-order valence-corrected chi connectivity index (χ2v) is 6.45. The van der Waals surface area contributed by atoms with Gasteiger partial charge in [0.1, 0.15) is 5.75 Å². The maximum absolute atomic E-state index is 13.4. The monoisotopic (exact) mass is 368 g/mol. The molecule has 0 aliphatic carbocycles. The normalized spacial score (nSPS) is 14.4. The topological polar surface area (TPSA) is 67.9 Å². The Morgan fingerprint density at radius 3 is 2.37 bits per heavy atom. The maximum atomic E-state index is 13.4. The van der Waals surface area contributed by atoms with Crippen molar-refractivity contribution in [1.29, 1.82) is 0 Å². The summed E-state index contributed by atoms with van der Waals surface area (Å²) >= 11 is 0. The summed E-state index contributed by atoms with van der Waals surface area (Å²) in [7, 11) is 1.56. The van der Waals surface area contributed by atoms with Crippen LogP contribution < -0.4 is 15.0 Å². The van der Waals surface area contributed by atoms with Crippen molar-refractivity contribution in [3.63, 3.8) is 0 Å². The number of carbonyl (C=O) groups excluding carboxylic acids is 2. The predicted octanol–water partition coefficient (Wildman–Crippen LogP) is 3.48. The van der Waals surface area contributed by atoms with Gasteiger partial charge in [0.2, 0.25) is 5.91 Å². The first kappa shape index (κ1) is 18.9. The van der Waals surface area contributed by atoms with Gasteiger partial charge in [-0.3, -0.25) is 9.59 Å². The lowest BCUT2D eigenvalue weighted by molar-refractivity contribution is -0.114. The summed E-state index contributed by atoms with van der Waals surface area (Å²) in [6, 6.07) is 14.6. The van der Waals surface area contributed by atoms with E-state index in [0.29, 0.717) is 30.2 Å². The molecule has 0 spiro atoms. The molecule has 0 atom stereocenters. The molecule has 0 saturated carbocycles. The van der Waals surface area contributed by atoms with Crippen LogP contribution in [0.2, 0.25) is 0 Å². The average Bonchev–Trinajstić information content (AvgIpc) is 2.70. The summed E-state index contributed by atoms with van der Waals surface area (Å²) in [5.41, 5.74) is 2.01. The lowest BCUT2D eigenvalue weighted by Crippen LogP contribution is -2.43. The van der Waals surface area contributed by atoms with Gasteiger partial charge in [-0.05, 0) is 49.2 Å². The Morgan fingerprint density at radius 2 is 1.74 bits per heavy atom. The van der Waals surface area contributed by atoms with Gasteiger partial charge in [0.15, 0.2) is 0 Å². The summed E-state index contributed by atoms with van der Waals surface area (Å²) < 4.78 is 10.9. The van der Waals surface area contributed by atoms with Crippen LogP contribution in [0.4, 0.5) is 11.4 Å². The van der Waals surface area contributed by atoms with Crippen molar-refractivity contribution < 1.29 is 19.1 Å². The lowest BCUT2D eigenvalue weighted by atomic mass is 10.0. The van der Waals surface area contributed by atoms with Crippen molar-refractivity contribution in [1.82, 2.24) is 0 Å². The molecule has 1 aliphatic heterocycles. The number of amides is 2. The van der Waals surface area contributed by atoms with Crippen molar-refractivity contribution in [2.75, 3.05) is 30.5 Å². The third kappa shape index (κ3) is 4.46. The number of hydrogen-bond acceptors (Lipinski definition) is 4. The highest BCUT2D eigenvalue weighted by Gasteiger charge is 2.29. The molecule has 1 heterocycles. The van der Waals surface area contributed by atoms with E-state index in [0.717, 1.165) is 18.5 Å². The first-order valence-corrected chi connectivity index (χ1v) is 9.02. The van der Waals surface area contributed by atoms with E-state index in [-0.39, 0.29) is 17.9 Å². The first-order chi connectivity index (χ1) is 13.1. The molecule has 6 nitrogen and oxygen atoms in total. The number of hydrogen-bond donors (Lipinski definition) is 1. The summed E-state index contributed by atoms with van der Waals surface area (Å²) in [5, 5.41) is 2.75. The van der Waals surface area contributed by atoms with E-state index in [4.69, 9.17) is 9.47 Å². The highest BCUT2D eigenvalue weighted by molar-refractivity contribution is 6.08. The molecule has 0 aromatic heterocycles. The zero-order valence-corrected chi connectivity index (χ0v) is 15.6. The number of rotatable bonds is 5. The Bertz CT molecular complexity index is 798. The van der Waals surface area contributed by atoms with Crippen molar-refractivity contribution in [2.45, 2.75) is 25.8 Å². The number of nitrogens with zero attached hydrogens (tertiary/aromatic N) is 1. The van der Waals surface area contributed by atoms with Gasteiger partial charge in [-0.1, -0.05) is 12.1 Å². The van der Waals surface area contributed by atoms with Crippen LogP contribution in [0.3, 0.4) is 0 Å². The van der Waals surface area contributed by atoms with Crippen molar-refractivity contribution in [2.24, 2.45) is 0 Å². The summed E-state index contributed by atoms with van der Waals surface area (Å²) in [6.07, 6.45) is 1.54. The van der Waals surface area contributed by atoms with Gasteiger partial charge < -0.3 is 19.7 Å². The van der Waals surface area contributed by atoms with Gasteiger partial charge in [0.05, 0.1) is 12.7 Å². The molecule has 27 heavy (non-hydrogen) atoms. The Morgan fingerprint density at radius 1 is 1.07 bits per heavy atom. The third-order valence-electron chi connectivity index (χ3n) is 4.58. The Hall–Kier alpha value is -2.86. The van der Waals surface area contributed by atoms with Crippen LogP contribution >= 0.6 is 0 Å². The molecular formula is C21H24N2O4. The summed E-state index contributed by atoms with van der Waals surface area (Å²) in [6.45, 7) is 2.72. The van der Waals surface area contributed by atoms with E-state index in [1.165, 1.54) is 6.92 Å². The molecule has 142 valence electrons. The third-order valence-corrected chi connectivity index (χ3v) is 4.58. The minimum absolute atomic E-state index is 0.0442. The smallest absolute Gasteiger partial charge is 0.262 e. The standard InChI is InChI=1S/C21H24N2O4/c1-15(24)22-16-7-9-17(10-8-16)23(18-11-13-27-14-12-18)21(25)19-5-3-4-6-20(19)26-2/h3-10,18H,11-14H2,1-2H3,(H,22,24). The largest absolute Gasteiger partial charge is 0.496 e. The van der Waals surface area contributed by atoms with E-state index >= 15 is 0 Å². The molecule has 1 N–H and O–H groups in total. The van der Waals surface area contributed by atoms with Gasteiger partial charge in [-0.15, -0.1) is 0 Å². The van der Waals surface area contributed by atoms with Gasteiger partial charge in [-0.25, -0.2) is 0 Å². The molecule has 1 saturated heterocycles. The van der Waals surface area contributed by atoms with Gasteiger partial charge in [0, 0.05) is 37.6 Å². The Kier molecular flexibility index (Phi) is 6.08. The lowest BCUT2D eigenvalue weighted by Gasteiger charge is -2.34. The van der Waals surface area contributed by atoms with Crippen LogP contribution in [0.25, 0.3) is 0 Å². The number of anilines is 2. The molecule has 2 aromatic rings. The fourth-order valence-corrected chi connectivity index (χ4v) is 3.30. The van der Waals surface area contributed by atoms with E-state index in [1.54, 1.807) is 31.4 Å². The zero-order chi connectivity index (χ0) is 19.2. The number of nitrogens with one attached hydrogen (secondary N) is 1. The summed E-state index contributed by atoms with van der Waals surface area (Å²) in [4.78, 5) is 26.5. The molecular weight excluding hydrogens is 344 g/mol. The van der Waals surface area contributed by atoms with E-state index < -0.39 is 0 Å². The van der Waals surface area contributed by atoms with Crippen LogP contribution in [0.5, 0.6) is 5.75 Å². The fraction of sp³-hybridized carbons (Fsp3) is 0.333. The number of ether oxygens (including phenoxy) is 2. The molecule has 0 unspecified atom stereocenters. The number of para-hydroxylation sites is 1. The molecule has 2 aromatic carbocycles. The number of benzene rings is 2. The molecule has 3 rings (SSSR count). The molecule has 1 aliphatic rings. The second kappa shape index (κ2) is 8.68. The van der Waals surface area contributed by atoms with Crippen LogP contribution in [-0.4, -0.2) is 38.2 Å². The highest BCUT2D eigenvalue weighted by Crippen LogP contribution is 2.29. The van der Waals surface area contributed by atoms with Gasteiger partial charge >= 0.3 is 0 Å². The minimum Gasteiger partial charge on any atom is -0.496 e. The quantitative estimate of drug-likeness (QED) is 0.877. The first-order valence-electron chi connectivity index (χ1n) is 9.02. The molecule has 1 fully saturated rings. The summed E-state index contributed by atoms with van der Waals surface area (Å²) in [5.74, 6) is 0.315. The highest BCUT2D eigenvalue weighted by atomic mass is 16.5. The Labute approximate surface area is 159 Å². The molecule has 0 bridgehead atoms. The van der Waals surface area contributed by atoms with Crippen LogP contribution in [0.15, 0.2) is 48.5 Å². The average molecular weight is 368 g/mol. The zero-order valence-electron chi connectivity index (χ0n) is 15.6. The van der Waals surface area contributed by atoms with Crippen LogP contribution in [0, 0.1) is 0 Å². The van der Waals surface area contributed by atoms with Crippen molar-refractivity contribution >= 4 is 23.2 Å². The Balaban J connectivity index is 1.95. The van der Waals surface area contributed by atoms with Gasteiger partial charge in [-0.2, -0.15) is 0 Å². The van der Waals surface area contributed by atoms with E-state index in [2.05, 4.69) is 5.32 Å². The number of carbonyl (C=O) groups is 2. The van der Waals surface area contributed by atoms with Crippen LogP contribution in [-0.2, 0) is 9.53 Å². The molecule has 0 radical (unpaired) electrons. The van der Waals surface area contributed by atoms with E-state index in [1.807, 2.05) is 29.2 Å². The van der Waals surface area contributed by atoms with Gasteiger partial charge in [0.25, 0.3) is 5.91 Å². The fourth-order valence-electron chi connectivity index (χ4n) is 3.30. The predicted molar refractivity (Wildman–Crippen MR) is 104 cm³/mol. The maximum Gasteiger partial charge on any atom is 0.262 e. The van der Waals surface area contributed by atoms with Crippen molar-refractivity contribution in [3.05, 3.63) is 54.1 Å². The SMILES string of the molecule is COc1ccccc1C(=O)N(c1ccc(NC(C)=O)cc1)C1CCOCC1. The number of methoxy groups -OCH3 is 1. The second-order valence-electron chi connectivity index (χ2n) is 6.45.